The molecule has 1 aromatic heterocycles. The first-order chi connectivity index (χ1) is 13.2. The molecule has 5 nitrogen and oxygen atoms in total. The number of nitrogens with one attached hydrogen (secondary N) is 1. The third kappa shape index (κ3) is 5.68. The van der Waals surface area contributed by atoms with Gasteiger partial charge in [0.2, 0.25) is 0 Å². The number of hydrogen-bond acceptors (Lipinski definition) is 3. The smallest absolute Gasteiger partial charge is 0.332 e. The summed E-state index contributed by atoms with van der Waals surface area (Å²) in [6.45, 7) is 6.25. The first-order valence-electron chi connectivity index (χ1n) is 8.73. The van der Waals surface area contributed by atoms with E-state index in [1.807, 2.05) is 18.9 Å². The molecular weight excluding hydrogens is 400 g/mol. The summed E-state index contributed by atoms with van der Waals surface area (Å²) in [6.07, 6.45) is -4.63. The van der Waals surface area contributed by atoms with Crippen LogP contribution >= 0.6 is 11.6 Å². The molecule has 1 amide bonds. The number of likely N-dealkylation sites (N-methyl/N-ethyl adjacent to an activating group) is 1. The van der Waals surface area contributed by atoms with Gasteiger partial charge in [-0.3, -0.25) is 9.89 Å². The maximum Gasteiger partial charge on any atom is 0.432 e. The number of aromatic nitrogens is 2. The predicted octanol–water partition coefficient (Wildman–Crippen LogP) is 4.21. The van der Waals surface area contributed by atoms with E-state index < -0.39 is 23.6 Å². The van der Waals surface area contributed by atoms with Gasteiger partial charge >= 0.3 is 6.18 Å². The summed E-state index contributed by atoms with van der Waals surface area (Å²) in [5.41, 5.74) is -0.952. The van der Waals surface area contributed by atoms with Crippen LogP contribution < -0.4 is 0 Å². The Morgan fingerprint density at radius 2 is 1.86 bits per heavy atom. The highest BCUT2D eigenvalue weighted by Crippen LogP contribution is 2.28. The van der Waals surface area contributed by atoms with Crippen LogP contribution in [0.4, 0.5) is 17.6 Å². The van der Waals surface area contributed by atoms with Crippen LogP contribution in [-0.4, -0.2) is 52.1 Å². The van der Waals surface area contributed by atoms with E-state index in [1.54, 1.807) is 0 Å². The van der Waals surface area contributed by atoms with E-state index in [-0.39, 0.29) is 23.8 Å². The quantitative estimate of drug-likeness (QED) is 0.651. The van der Waals surface area contributed by atoms with Crippen molar-refractivity contribution >= 4 is 17.5 Å². The molecular formula is C18H21ClF4N4O. The Morgan fingerprint density at radius 1 is 1.18 bits per heavy atom. The van der Waals surface area contributed by atoms with Gasteiger partial charge in [0.1, 0.15) is 11.5 Å². The molecule has 0 unspecified atom stereocenters. The van der Waals surface area contributed by atoms with Gasteiger partial charge in [-0.2, -0.15) is 18.3 Å². The molecule has 0 aliphatic carbocycles. The number of carbonyl (C=O) groups excluding carboxylic acids is 1. The zero-order valence-electron chi connectivity index (χ0n) is 15.5. The minimum absolute atomic E-state index is 0.0213. The number of amides is 1. The first kappa shape index (κ1) is 22.2. The molecule has 0 saturated carbocycles. The van der Waals surface area contributed by atoms with E-state index in [2.05, 4.69) is 10.00 Å². The lowest BCUT2D eigenvalue weighted by molar-refractivity contribution is -0.141. The molecule has 0 aliphatic rings. The van der Waals surface area contributed by atoms with Crippen molar-refractivity contribution in [1.82, 2.24) is 20.0 Å². The lowest BCUT2D eigenvalue weighted by Crippen LogP contribution is -2.38. The fourth-order valence-electron chi connectivity index (χ4n) is 2.65. The highest BCUT2D eigenvalue weighted by atomic mass is 35.5. The molecule has 1 N–H and O–H groups in total. The molecule has 10 heteroatoms. The number of benzene rings is 1. The standard InChI is InChI=1S/C18H21ClF4N4O/c1-3-26(4-2)7-8-27(11-12-5-6-13(20)9-14(12)19)17(28)15-10-16(25-24-15)18(21,22)23/h5-6,9-10H,3-4,7-8,11H2,1-2H3,(H,24,25). The second-order valence-corrected chi connectivity index (χ2v) is 6.56. The Kier molecular flexibility index (Phi) is 7.42. The summed E-state index contributed by atoms with van der Waals surface area (Å²) in [7, 11) is 0. The molecule has 0 saturated heterocycles. The molecule has 1 heterocycles. The van der Waals surface area contributed by atoms with Gasteiger partial charge in [-0.25, -0.2) is 4.39 Å². The van der Waals surface area contributed by atoms with Crippen LogP contribution in [0.15, 0.2) is 24.3 Å². The molecule has 0 aliphatic heterocycles. The Morgan fingerprint density at radius 3 is 2.39 bits per heavy atom. The van der Waals surface area contributed by atoms with Gasteiger partial charge in [-0.1, -0.05) is 31.5 Å². The lowest BCUT2D eigenvalue weighted by Gasteiger charge is -2.26. The maximum atomic E-state index is 13.3. The van der Waals surface area contributed by atoms with E-state index in [0.717, 1.165) is 19.2 Å². The van der Waals surface area contributed by atoms with Crippen LogP contribution in [0.2, 0.25) is 5.02 Å². The Labute approximate surface area is 165 Å². The molecule has 154 valence electrons. The van der Waals surface area contributed by atoms with Gasteiger partial charge in [0.15, 0.2) is 5.69 Å². The highest BCUT2D eigenvalue weighted by Gasteiger charge is 2.34. The maximum absolute atomic E-state index is 13.3. The van der Waals surface area contributed by atoms with Gasteiger partial charge in [0.25, 0.3) is 5.91 Å². The van der Waals surface area contributed by atoms with E-state index in [0.29, 0.717) is 18.2 Å². The third-order valence-corrected chi connectivity index (χ3v) is 4.70. The van der Waals surface area contributed by atoms with E-state index in [9.17, 15) is 22.4 Å². The van der Waals surface area contributed by atoms with E-state index >= 15 is 0 Å². The molecule has 2 aromatic rings. The fourth-order valence-corrected chi connectivity index (χ4v) is 2.88. The Bertz CT molecular complexity index is 805. The third-order valence-electron chi connectivity index (χ3n) is 4.35. The second kappa shape index (κ2) is 9.38. The van der Waals surface area contributed by atoms with Gasteiger partial charge < -0.3 is 9.80 Å². The van der Waals surface area contributed by atoms with Crippen LogP contribution in [0.1, 0.15) is 35.6 Å². The number of rotatable bonds is 8. The van der Waals surface area contributed by atoms with Crippen LogP contribution in [0.25, 0.3) is 0 Å². The van der Waals surface area contributed by atoms with Crippen LogP contribution in [0, 0.1) is 5.82 Å². The summed E-state index contributed by atoms with van der Waals surface area (Å²) in [5, 5.41) is 5.49. The van der Waals surface area contributed by atoms with Crippen LogP contribution in [0.3, 0.4) is 0 Å². The summed E-state index contributed by atoms with van der Waals surface area (Å²) in [4.78, 5) is 16.2. The van der Waals surface area contributed by atoms with Gasteiger partial charge in [-0.15, -0.1) is 0 Å². The molecule has 0 atom stereocenters. The minimum Gasteiger partial charge on any atom is -0.332 e. The molecule has 0 bridgehead atoms. The fraction of sp³-hybridized carbons (Fsp3) is 0.444. The van der Waals surface area contributed by atoms with Crippen molar-refractivity contribution in [2.75, 3.05) is 26.2 Å². The first-order valence-corrected chi connectivity index (χ1v) is 9.11. The van der Waals surface area contributed by atoms with Gasteiger partial charge in [-0.05, 0) is 30.8 Å². The average molecular weight is 421 g/mol. The van der Waals surface area contributed by atoms with Gasteiger partial charge in [0, 0.05) is 30.7 Å². The topological polar surface area (TPSA) is 52.2 Å². The molecule has 2 rings (SSSR count). The highest BCUT2D eigenvalue weighted by molar-refractivity contribution is 6.31. The number of hydrogen-bond donors (Lipinski definition) is 1. The van der Waals surface area contributed by atoms with Crippen molar-refractivity contribution in [1.29, 1.82) is 0 Å². The zero-order valence-corrected chi connectivity index (χ0v) is 16.2. The molecule has 0 fully saturated rings. The normalized spacial score (nSPS) is 11.9. The molecule has 1 aromatic carbocycles. The van der Waals surface area contributed by atoms with Crippen molar-refractivity contribution < 1.29 is 22.4 Å². The number of alkyl halides is 3. The minimum atomic E-state index is -4.63. The predicted molar refractivity (Wildman–Crippen MR) is 97.5 cm³/mol. The Balaban J connectivity index is 2.25. The summed E-state index contributed by atoms with van der Waals surface area (Å²) < 4.78 is 51.7. The van der Waals surface area contributed by atoms with E-state index in [4.69, 9.17) is 11.6 Å². The number of aromatic amines is 1. The van der Waals surface area contributed by atoms with Crippen LogP contribution in [-0.2, 0) is 12.7 Å². The lowest BCUT2D eigenvalue weighted by atomic mass is 10.2. The number of H-pyrrole nitrogens is 1. The van der Waals surface area contributed by atoms with Crippen molar-refractivity contribution in [2.45, 2.75) is 26.6 Å². The zero-order chi connectivity index (χ0) is 20.9. The van der Waals surface area contributed by atoms with Crippen molar-refractivity contribution in [2.24, 2.45) is 0 Å². The van der Waals surface area contributed by atoms with Gasteiger partial charge in [0.05, 0.1) is 0 Å². The molecule has 0 radical (unpaired) electrons. The van der Waals surface area contributed by atoms with Crippen molar-refractivity contribution in [3.63, 3.8) is 0 Å². The largest absolute Gasteiger partial charge is 0.432 e. The average Bonchev–Trinajstić information content (AvgIpc) is 3.13. The number of nitrogens with zero attached hydrogens (tertiary/aromatic N) is 3. The van der Waals surface area contributed by atoms with E-state index in [1.165, 1.54) is 17.0 Å². The Hall–Kier alpha value is -2.13. The van der Waals surface area contributed by atoms with Crippen molar-refractivity contribution in [3.05, 3.63) is 52.1 Å². The summed E-state index contributed by atoms with van der Waals surface area (Å²) in [5.74, 6) is -1.18. The van der Waals surface area contributed by atoms with Crippen molar-refractivity contribution in [3.8, 4) is 0 Å². The second-order valence-electron chi connectivity index (χ2n) is 6.15. The SMILES string of the molecule is CCN(CC)CCN(Cc1ccc(F)cc1Cl)C(=O)c1cc(C(F)(F)F)[nH]n1. The molecule has 28 heavy (non-hydrogen) atoms. The summed E-state index contributed by atoms with van der Waals surface area (Å²) >= 11 is 6.05. The number of carbonyl (C=O) groups is 1. The monoisotopic (exact) mass is 420 g/mol. The number of halogens is 5. The molecule has 0 spiro atoms. The summed E-state index contributed by atoms with van der Waals surface area (Å²) in [6, 6.07) is 4.46. The van der Waals surface area contributed by atoms with Crippen LogP contribution in [0.5, 0.6) is 0 Å².